The third-order valence-electron chi connectivity index (χ3n) is 4.95. The number of aromatic nitrogens is 1. The molecule has 1 heterocycles. The molecule has 0 aliphatic heterocycles. The maximum atomic E-state index is 15.1. The van der Waals surface area contributed by atoms with Gasteiger partial charge in [-0.2, -0.15) is 0 Å². The van der Waals surface area contributed by atoms with Gasteiger partial charge in [0, 0.05) is 13.1 Å². The topological polar surface area (TPSA) is 194 Å². The van der Waals surface area contributed by atoms with Crippen molar-refractivity contribution in [2.75, 3.05) is 29.0 Å². The lowest BCUT2D eigenvalue weighted by molar-refractivity contribution is -0.114. The summed E-state index contributed by atoms with van der Waals surface area (Å²) in [6.07, 6.45) is -0.595. The zero-order valence-corrected chi connectivity index (χ0v) is 29.1. The molecule has 5 N–H and O–H groups in total. The van der Waals surface area contributed by atoms with E-state index in [-0.39, 0.29) is 54.7 Å². The standard InChI is InChI=1S/C27H41FN7O7PS2/c1-16(2)43-35(22-21(33-15-44-22)23(37)41-26(3,4)5)45(39,40)17-9-10-19(18(28)13-17)34-20(36)14-32-24(29)30-11-12-31-25(38)42-27(6,7)8/h9-10,13,15-16,43H,11-12,14H2,1-8H3,(H,31,38)(H,34,36)(H3,29,30,32). The first kappa shape index (κ1) is 37.6. The van der Waals surface area contributed by atoms with Crippen LogP contribution < -0.4 is 25.8 Å². The van der Waals surface area contributed by atoms with Gasteiger partial charge >= 0.3 is 12.1 Å². The van der Waals surface area contributed by atoms with Crippen molar-refractivity contribution in [3.05, 3.63) is 35.2 Å². The van der Waals surface area contributed by atoms with E-state index in [2.05, 4.69) is 25.9 Å². The lowest BCUT2D eigenvalue weighted by Crippen LogP contribution is -2.40. The first-order valence-corrected chi connectivity index (χ1v) is 17.1. The summed E-state index contributed by atoms with van der Waals surface area (Å²) >= 11 is 0.947. The summed E-state index contributed by atoms with van der Waals surface area (Å²) in [5.74, 6) is -2.58. The zero-order chi connectivity index (χ0) is 34.2. The van der Waals surface area contributed by atoms with Crippen molar-refractivity contribution >= 4 is 64.7 Å². The number of rotatable bonds is 12. The van der Waals surface area contributed by atoms with Gasteiger partial charge in [-0.05, 0) is 74.1 Å². The Hall–Kier alpha value is -3.56. The number of anilines is 2. The van der Waals surface area contributed by atoms with Gasteiger partial charge in [0.25, 0.3) is 10.0 Å². The Morgan fingerprint density at radius 2 is 1.71 bits per heavy atom. The second-order valence-corrected chi connectivity index (χ2v) is 16.6. The minimum absolute atomic E-state index is 0.0544. The number of benzene rings is 1. The van der Waals surface area contributed by atoms with Crippen LogP contribution in [-0.4, -0.2) is 73.8 Å². The first-order chi connectivity index (χ1) is 20.7. The van der Waals surface area contributed by atoms with E-state index in [1.807, 2.05) is 0 Å². The fourth-order valence-corrected chi connectivity index (χ4v) is 7.80. The SMILES string of the molecule is CC(C)PN(c1scnc1C(=O)OC(C)(C)C)S(=O)(=O)c1ccc(NC(=O)CN=C(N)NCCNC(=O)OC(C)(C)C)c(F)c1. The number of sulfonamides is 1. The van der Waals surface area contributed by atoms with Crippen LogP contribution in [0, 0.1) is 5.82 Å². The Labute approximate surface area is 268 Å². The summed E-state index contributed by atoms with van der Waals surface area (Å²) in [4.78, 5) is 44.3. The van der Waals surface area contributed by atoms with Crippen LogP contribution in [0.3, 0.4) is 0 Å². The molecule has 0 aliphatic rings. The molecule has 250 valence electrons. The van der Waals surface area contributed by atoms with Crippen LogP contribution in [-0.2, 0) is 24.3 Å². The second-order valence-electron chi connectivity index (χ2n) is 11.8. The summed E-state index contributed by atoms with van der Waals surface area (Å²) in [5.41, 5.74) is 5.03. The number of nitrogens with one attached hydrogen (secondary N) is 3. The molecule has 1 atom stereocenters. The van der Waals surface area contributed by atoms with Crippen molar-refractivity contribution in [3.8, 4) is 0 Å². The van der Waals surface area contributed by atoms with Crippen LogP contribution in [0.2, 0.25) is 0 Å². The number of amides is 2. The third kappa shape index (κ3) is 12.4. The summed E-state index contributed by atoms with van der Waals surface area (Å²) in [6.45, 7) is 13.8. The van der Waals surface area contributed by atoms with Crippen LogP contribution in [0.5, 0.6) is 0 Å². The molecule has 2 rings (SSSR count). The fraction of sp³-hybridized carbons (Fsp3) is 0.519. The van der Waals surface area contributed by atoms with Crippen molar-refractivity contribution in [1.29, 1.82) is 0 Å². The van der Waals surface area contributed by atoms with Crippen molar-refractivity contribution in [2.45, 2.75) is 77.1 Å². The molecule has 45 heavy (non-hydrogen) atoms. The highest BCUT2D eigenvalue weighted by molar-refractivity contribution is 7.98. The van der Waals surface area contributed by atoms with E-state index in [9.17, 15) is 22.8 Å². The molecule has 18 heteroatoms. The molecule has 2 aromatic rings. The van der Waals surface area contributed by atoms with Crippen molar-refractivity contribution in [1.82, 2.24) is 15.6 Å². The summed E-state index contributed by atoms with van der Waals surface area (Å²) in [7, 11) is -4.69. The molecule has 0 radical (unpaired) electrons. The number of alkyl carbamates (subject to hydrolysis) is 1. The van der Waals surface area contributed by atoms with Crippen molar-refractivity contribution in [3.63, 3.8) is 0 Å². The molecule has 2 amide bonds. The van der Waals surface area contributed by atoms with Crippen LogP contribution >= 0.6 is 20.1 Å². The van der Waals surface area contributed by atoms with E-state index in [0.717, 1.165) is 33.6 Å². The summed E-state index contributed by atoms with van der Waals surface area (Å²) in [5, 5.41) is 7.63. The van der Waals surface area contributed by atoms with Gasteiger partial charge in [0.15, 0.2) is 11.7 Å². The van der Waals surface area contributed by atoms with Crippen LogP contribution in [0.1, 0.15) is 65.9 Å². The van der Waals surface area contributed by atoms with Gasteiger partial charge < -0.3 is 31.2 Å². The average molecular weight is 690 g/mol. The summed E-state index contributed by atoms with van der Waals surface area (Å²) in [6, 6.07) is 3.05. The number of carbonyl (C=O) groups excluding carboxylic acids is 3. The molecule has 14 nitrogen and oxygen atoms in total. The number of carbonyl (C=O) groups is 3. The molecule has 0 aliphatic carbocycles. The number of esters is 1. The number of guanidine groups is 1. The smallest absolute Gasteiger partial charge is 0.407 e. The van der Waals surface area contributed by atoms with Gasteiger partial charge in [0.05, 0.1) is 16.1 Å². The number of hydrogen-bond donors (Lipinski definition) is 4. The molecule has 0 fully saturated rings. The minimum Gasteiger partial charge on any atom is -0.455 e. The fourth-order valence-electron chi connectivity index (χ4n) is 3.26. The minimum atomic E-state index is -4.36. The highest BCUT2D eigenvalue weighted by Crippen LogP contribution is 2.42. The molecule has 0 saturated carbocycles. The predicted octanol–water partition coefficient (Wildman–Crippen LogP) is 3.80. The van der Waals surface area contributed by atoms with E-state index in [4.69, 9.17) is 15.2 Å². The van der Waals surface area contributed by atoms with Crippen molar-refractivity contribution in [2.24, 2.45) is 10.7 Å². The predicted molar refractivity (Wildman–Crippen MR) is 174 cm³/mol. The second kappa shape index (κ2) is 15.6. The molecule has 0 saturated heterocycles. The molecule has 1 aromatic heterocycles. The van der Waals surface area contributed by atoms with Crippen LogP contribution in [0.4, 0.5) is 19.9 Å². The number of nitrogens with two attached hydrogens (primary N) is 1. The Kier molecular flexibility index (Phi) is 13.1. The molecule has 0 bridgehead atoms. The normalized spacial score (nSPS) is 12.7. The number of aliphatic imine (C=N–C) groups is 1. The van der Waals surface area contributed by atoms with E-state index < -0.39 is 51.6 Å². The summed E-state index contributed by atoms with van der Waals surface area (Å²) < 4.78 is 54.1. The number of thiazole rings is 1. The van der Waals surface area contributed by atoms with E-state index >= 15 is 4.39 Å². The van der Waals surface area contributed by atoms with Gasteiger partial charge in [0.1, 0.15) is 28.6 Å². The van der Waals surface area contributed by atoms with E-state index in [1.54, 1.807) is 55.4 Å². The molecule has 1 aromatic carbocycles. The Balaban J connectivity index is 2.11. The van der Waals surface area contributed by atoms with Gasteiger partial charge in [-0.15, -0.1) is 11.3 Å². The van der Waals surface area contributed by atoms with Gasteiger partial charge in [-0.3, -0.25) is 4.79 Å². The lowest BCUT2D eigenvalue weighted by Gasteiger charge is -2.26. The highest BCUT2D eigenvalue weighted by atomic mass is 32.2. The molecule has 0 spiro atoms. The Morgan fingerprint density at radius 3 is 2.29 bits per heavy atom. The van der Waals surface area contributed by atoms with Gasteiger partial charge in [-0.1, -0.05) is 13.8 Å². The lowest BCUT2D eigenvalue weighted by atomic mass is 10.2. The van der Waals surface area contributed by atoms with Crippen LogP contribution in [0.15, 0.2) is 33.6 Å². The molecule has 1 unspecified atom stereocenters. The number of ether oxygens (including phenoxy) is 2. The van der Waals surface area contributed by atoms with E-state index in [0.29, 0.717) is 0 Å². The molecular formula is C27H41FN7O7PS2. The number of nitrogens with zero attached hydrogens (tertiary/aromatic N) is 3. The Morgan fingerprint density at radius 1 is 1.09 bits per heavy atom. The quantitative estimate of drug-likeness (QED) is 0.0837. The average Bonchev–Trinajstić information content (AvgIpc) is 3.37. The maximum Gasteiger partial charge on any atom is 0.407 e. The van der Waals surface area contributed by atoms with Gasteiger partial charge in [0.2, 0.25) is 5.91 Å². The monoisotopic (exact) mass is 689 g/mol. The van der Waals surface area contributed by atoms with Crippen LogP contribution in [0.25, 0.3) is 0 Å². The van der Waals surface area contributed by atoms with Gasteiger partial charge in [-0.25, -0.2) is 36.4 Å². The third-order valence-corrected chi connectivity index (χ3v) is 9.56. The highest BCUT2D eigenvalue weighted by Gasteiger charge is 2.33. The maximum absolute atomic E-state index is 15.1. The largest absolute Gasteiger partial charge is 0.455 e. The Bertz CT molecular complexity index is 1500. The zero-order valence-electron chi connectivity index (χ0n) is 26.5. The van der Waals surface area contributed by atoms with E-state index in [1.165, 1.54) is 5.51 Å². The number of halogens is 1. The molecular weight excluding hydrogens is 648 g/mol. The van der Waals surface area contributed by atoms with Crippen molar-refractivity contribution < 1.29 is 36.7 Å². The first-order valence-electron chi connectivity index (χ1n) is 13.8. The number of hydrogen-bond acceptors (Lipinski definition) is 10.